The molecule has 30 heavy (non-hydrogen) atoms. The molecule has 1 amide bonds. The fraction of sp³-hybridized carbons (Fsp3) is 0.409. The maximum atomic E-state index is 13.8. The number of carbonyl (C=O) groups is 1. The second kappa shape index (κ2) is 8.87. The van der Waals surface area contributed by atoms with Crippen molar-refractivity contribution in [3.05, 3.63) is 53.1 Å². The van der Waals surface area contributed by atoms with Gasteiger partial charge in [-0.25, -0.2) is 8.78 Å². The minimum Gasteiger partial charge on any atom is -0.493 e. The van der Waals surface area contributed by atoms with Crippen LogP contribution >= 0.6 is 0 Å². The summed E-state index contributed by atoms with van der Waals surface area (Å²) in [7, 11) is 4.42. The van der Waals surface area contributed by atoms with Gasteiger partial charge in [0.2, 0.25) is 5.75 Å². The highest BCUT2D eigenvalue weighted by atomic mass is 19.2. The van der Waals surface area contributed by atoms with Gasteiger partial charge in [0, 0.05) is 30.7 Å². The molecule has 162 valence electrons. The minimum absolute atomic E-state index is 0.134. The van der Waals surface area contributed by atoms with Crippen LogP contribution < -0.4 is 14.2 Å². The van der Waals surface area contributed by atoms with Crippen LogP contribution in [-0.4, -0.2) is 56.9 Å². The van der Waals surface area contributed by atoms with Crippen LogP contribution in [0.3, 0.4) is 0 Å². The lowest BCUT2D eigenvalue weighted by molar-refractivity contribution is 0.0778. The standard InChI is InChI=1S/C22H25F2NO5/c1-28-18-10-14(11-19(29-2)20(18)30-3)21(27)25-8-6-22(13-25,7-9-26)15-4-5-16(23)17(24)12-15/h4-5,10-12,26H,6-9,13H2,1-3H3. The van der Waals surface area contributed by atoms with Gasteiger partial charge in [0.05, 0.1) is 21.3 Å². The maximum absolute atomic E-state index is 13.8. The summed E-state index contributed by atoms with van der Waals surface area (Å²) >= 11 is 0. The van der Waals surface area contributed by atoms with Crippen LogP contribution in [0.15, 0.2) is 30.3 Å². The predicted octanol–water partition coefficient (Wildman–Crippen LogP) is 3.16. The molecule has 1 fully saturated rings. The quantitative estimate of drug-likeness (QED) is 0.744. The Morgan fingerprint density at radius 1 is 1.07 bits per heavy atom. The Labute approximate surface area is 174 Å². The van der Waals surface area contributed by atoms with Crippen LogP contribution in [0.25, 0.3) is 0 Å². The topological polar surface area (TPSA) is 68.2 Å². The SMILES string of the molecule is COc1cc(C(=O)N2CCC(CCO)(c3ccc(F)c(F)c3)C2)cc(OC)c1OC. The van der Waals surface area contributed by atoms with Gasteiger partial charge >= 0.3 is 0 Å². The third-order valence-corrected chi connectivity index (χ3v) is 5.68. The van der Waals surface area contributed by atoms with E-state index < -0.39 is 17.0 Å². The first-order valence-corrected chi connectivity index (χ1v) is 9.54. The third kappa shape index (κ3) is 3.92. The first-order valence-electron chi connectivity index (χ1n) is 9.54. The number of ether oxygens (including phenoxy) is 3. The molecule has 1 unspecified atom stereocenters. The lowest BCUT2D eigenvalue weighted by Gasteiger charge is -2.29. The average Bonchev–Trinajstić information content (AvgIpc) is 3.19. The summed E-state index contributed by atoms with van der Waals surface area (Å²) in [5.41, 5.74) is 0.268. The Kier molecular flexibility index (Phi) is 6.45. The highest BCUT2D eigenvalue weighted by Crippen LogP contribution is 2.41. The molecule has 1 saturated heterocycles. The second-order valence-electron chi connectivity index (χ2n) is 7.27. The Morgan fingerprint density at radius 3 is 2.27 bits per heavy atom. The maximum Gasteiger partial charge on any atom is 0.254 e. The van der Waals surface area contributed by atoms with Crippen LogP contribution in [-0.2, 0) is 5.41 Å². The van der Waals surface area contributed by atoms with Crippen LogP contribution in [0.4, 0.5) is 8.78 Å². The van der Waals surface area contributed by atoms with Crippen LogP contribution in [0.2, 0.25) is 0 Å². The van der Waals surface area contributed by atoms with Gasteiger partial charge < -0.3 is 24.2 Å². The minimum atomic E-state index is -0.945. The Bertz CT molecular complexity index is 911. The summed E-state index contributed by atoms with van der Waals surface area (Å²) in [5, 5.41) is 9.60. The van der Waals surface area contributed by atoms with E-state index in [-0.39, 0.29) is 19.1 Å². The van der Waals surface area contributed by atoms with E-state index in [0.29, 0.717) is 47.8 Å². The predicted molar refractivity (Wildman–Crippen MR) is 106 cm³/mol. The number of likely N-dealkylation sites (tertiary alicyclic amines) is 1. The number of benzene rings is 2. The number of hydrogen-bond acceptors (Lipinski definition) is 5. The number of carbonyl (C=O) groups excluding carboxylic acids is 1. The number of aliphatic hydroxyl groups is 1. The summed E-state index contributed by atoms with van der Waals surface area (Å²) in [4.78, 5) is 14.8. The van der Waals surface area contributed by atoms with E-state index in [9.17, 15) is 18.7 Å². The van der Waals surface area contributed by atoms with Crippen LogP contribution in [0.5, 0.6) is 17.2 Å². The molecule has 0 saturated carbocycles. The Morgan fingerprint density at radius 2 is 1.73 bits per heavy atom. The summed E-state index contributed by atoms with van der Waals surface area (Å²) in [6.45, 7) is 0.549. The van der Waals surface area contributed by atoms with Crippen molar-refractivity contribution in [2.75, 3.05) is 41.0 Å². The number of rotatable bonds is 7. The van der Waals surface area contributed by atoms with Gasteiger partial charge in [-0.05, 0) is 42.7 Å². The van der Waals surface area contributed by atoms with E-state index in [0.717, 1.165) is 12.1 Å². The van der Waals surface area contributed by atoms with Crippen molar-refractivity contribution in [2.45, 2.75) is 18.3 Å². The van der Waals surface area contributed by atoms with Gasteiger partial charge in [-0.3, -0.25) is 4.79 Å². The van der Waals surface area contributed by atoms with E-state index in [1.165, 1.54) is 27.4 Å². The van der Waals surface area contributed by atoms with Gasteiger partial charge in [0.1, 0.15) is 0 Å². The van der Waals surface area contributed by atoms with Gasteiger partial charge in [0.25, 0.3) is 5.91 Å². The van der Waals surface area contributed by atoms with Crippen molar-refractivity contribution < 1.29 is 32.9 Å². The van der Waals surface area contributed by atoms with Crippen molar-refractivity contribution in [1.29, 1.82) is 0 Å². The second-order valence-corrected chi connectivity index (χ2v) is 7.27. The van der Waals surface area contributed by atoms with Crippen LogP contribution in [0.1, 0.15) is 28.8 Å². The number of aliphatic hydroxyl groups excluding tert-OH is 1. The van der Waals surface area contributed by atoms with E-state index >= 15 is 0 Å². The summed E-state index contributed by atoms with van der Waals surface area (Å²) in [5.74, 6) is -1.02. The summed E-state index contributed by atoms with van der Waals surface area (Å²) in [6.07, 6.45) is 0.853. The van der Waals surface area contributed by atoms with Crippen molar-refractivity contribution in [3.8, 4) is 17.2 Å². The van der Waals surface area contributed by atoms with E-state index in [1.807, 2.05) is 0 Å². The molecule has 0 radical (unpaired) electrons. The van der Waals surface area contributed by atoms with Gasteiger partial charge in [-0.15, -0.1) is 0 Å². The zero-order valence-electron chi connectivity index (χ0n) is 17.2. The van der Waals surface area contributed by atoms with E-state index in [1.54, 1.807) is 17.0 Å². The number of amides is 1. The molecule has 6 nitrogen and oxygen atoms in total. The van der Waals surface area contributed by atoms with Crippen molar-refractivity contribution >= 4 is 5.91 Å². The van der Waals surface area contributed by atoms with Crippen LogP contribution in [0, 0.1) is 11.6 Å². The fourth-order valence-corrected chi connectivity index (χ4v) is 4.06. The number of hydrogen-bond donors (Lipinski definition) is 1. The first kappa shape index (κ1) is 21.8. The molecule has 0 bridgehead atoms. The number of halogens is 2. The molecule has 1 atom stereocenters. The lowest BCUT2D eigenvalue weighted by Crippen LogP contribution is -2.35. The molecule has 1 N–H and O–H groups in total. The third-order valence-electron chi connectivity index (χ3n) is 5.68. The molecule has 1 aliphatic heterocycles. The van der Waals surface area contributed by atoms with Gasteiger partial charge in [-0.1, -0.05) is 6.07 Å². The lowest BCUT2D eigenvalue weighted by atomic mass is 9.77. The van der Waals surface area contributed by atoms with E-state index in [4.69, 9.17) is 14.2 Å². The Hall–Kier alpha value is -2.87. The van der Waals surface area contributed by atoms with Crippen molar-refractivity contribution in [2.24, 2.45) is 0 Å². The molecule has 2 aromatic carbocycles. The molecule has 1 heterocycles. The molecule has 8 heteroatoms. The highest BCUT2D eigenvalue weighted by molar-refractivity contribution is 5.96. The number of methoxy groups -OCH3 is 3. The zero-order valence-corrected chi connectivity index (χ0v) is 17.2. The zero-order chi connectivity index (χ0) is 21.9. The molecule has 2 aromatic rings. The monoisotopic (exact) mass is 421 g/mol. The normalized spacial score (nSPS) is 18.4. The molecule has 0 aromatic heterocycles. The highest BCUT2D eigenvalue weighted by Gasteiger charge is 2.41. The van der Waals surface area contributed by atoms with Crippen molar-refractivity contribution in [3.63, 3.8) is 0 Å². The molecular formula is C22H25F2NO5. The molecule has 0 aliphatic carbocycles. The van der Waals surface area contributed by atoms with E-state index in [2.05, 4.69) is 0 Å². The summed E-state index contributed by atoms with van der Waals surface area (Å²) < 4.78 is 43.2. The summed E-state index contributed by atoms with van der Waals surface area (Å²) in [6, 6.07) is 6.90. The Balaban J connectivity index is 1.92. The molecule has 0 spiro atoms. The molecular weight excluding hydrogens is 396 g/mol. The van der Waals surface area contributed by atoms with Gasteiger partial charge in [-0.2, -0.15) is 0 Å². The first-order chi connectivity index (χ1) is 14.4. The number of nitrogens with zero attached hydrogens (tertiary/aromatic N) is 1. The largest absolute Gasteiger partial charge is 0.493 e. The molecule has 3 rings (SSSR count). The fourth-order valence-electron chi connectivity index (χ4n) is 4.06. The van der Waals surface area contributed by atoms with Gasteiger partial charge in [0.15, 0.2) is 23.1 Å². The average molecular weight is 421 g/mol. The van der Waals surface area contributed by atoms with Crippen molar-refractivity contribution in [1.82, 2.24) is 4.90 Å². The molecule has 1 aliphatic rings. The smallest absolute Gasteiger partial charge is 0.254 e.